The fourth-order valence-electron chi connectivity index (χ4n) is 3.79. The lowest BCUT2D eigenvalue weighted by Crippen LogP contribution is -2.55. The van der Waals surface area contributed by atoms with Crippen molar-refractivity contribution in [1.82, 2.24) is 16.0 Å². The summed E-state index contributed by atoms with van der Waals surface area (Å²) in [6.45, 7) is 15.2. The molecule has 46 heavy (non-hydrogen) atoms. The summed E-state index contributed by atoms with van der Waals surface area (Å²) in [5.74, 6) is -2.10. The lowest BCUT2D eigenvalue weighted by Gasteiger charge is -2.24. The number of primary amides is 1. The van der Waals surface area contributed by atoms with Crippen molar-refractivity contribution in [3.05, 3.63) is 65.8 Å². The number of hydrogen-bond acceptors (Lipinski definition) is 8. The van der Waals surface area contributed by atoms with Gasteiger partial charge in [0, 0.05) is 13.0 Å². The number of phenols is 1. The molecule has 0 unspecified atom stereocenters. The van der Waals surface area contributed by atoms with Gasteiger partial charge in [-0.3, -0.25) is 24.2 Å². The fourth-order valence-corrected chi connectivity index (χ4v) is 3.79. The Bertz CT molecular complexity index is 1170. The molecular weight excluding hydrogens is 590 g/mol. The lowest BCUT2D eigenvalue weighted by molar-refractivity contribution is -0.132. The average Bonchev–Trinajstić information content (AvgIpc) is 2.99. The predicted octanol–water partition coefficient (Wildman–Crippen LogP) is 0.185. The van der Waals surface area contributed by atoms with E-state index in [1.807, 2.05) is 19.9 Å². The van der Waals surface area contributed by atoms with Gasteiger partial charge in [-0.05, 0) is 81.8 Å². The molecule has 0 fully saturated rings. The van der Waals surface area contributed by atoms with Crippen molar-refractivity contribution in [1.29, 1.82) is 0 Å². The second-order valence-corrected chi connectivity index (χ2v) is 10.3. The molecule has 14 nitrogen and oxygen atoms in total. The number of allylic oxidation sites excluding steroid dienone is 4. The molecular formula is C32H55N9O5. The largest absolute Gasteiger partial charge is 0.508 e. The van der Waals surface area contributed by atoms with Crippen LogP contribution in [0.3, 0.4) is 0 Å². The minimum atomic E-state index is -1.01. The molecule has 0 saturated carbocycles. The Labute approximate surface area is 273 Å². The molecule has 2 atom stereocenters. The Morgan fingerprint density at radius 2 is 1.59 bits per heavy atom. The lowest BCUT2D eigenvalue weighted by atomic mass is 9.95. The molecule has 1 rings (SSSR count). The van der Waals surface area contributed by atoms with Gasteiger partial charge < -0.3 is 49.7 Å². The van der Waals surface area contributed by atoms with Crippen molar-refractivity contribution < 1.29 is 24.3 Å². The summed E-state index contributed by atoms with van der Waals surface area (Å²) in [7, 11) is 0. The van der Waals surface area contributed by atoms with Gasteiger partial charge in [0.25, 0.3) is 0 Å². The van der Waals surface area contributed by atoms with E-state index in [0.29, 0.717) is 25.8 Å². The molecule has 0 aromatic heterocycles. The molecule has 1 aromatic rings. The Kier molecular flexibility index (Phi) is 24.2. The summed E-state index contributed by atoms with van der Waals surface area (Å²) in [6, 6.07) is 1.19. The van der Waals surface area contributed by atoms with Crippen LogP contribution in [0.4, 0.5) is 0 Å². The van der Waals surface area contributed by atoms with Crippen molar-refractivity contribution in [2.24, 2.45) is 33.7 Å². The minimum Gasteiger partial charge on any atom is -0.508 e. The van der Waals surface area contributed by atoms with Crippen LogP contribution in [-0.4, -0.2) is 73.0 Å². The van der Waals surface area contributed by atoms with Crippen molar-refractivity contribution in [2.45, 2.75) is 71.9 Å². The van der Waals surface area contributed by atoms with Gasteiger partial charge in [-0.2, -0.15) is 0 Å². The molecule has 1 aromatic carbocycles. The number of carbonyl (C=O) groups is 4. The summed E-state index contributed by atoms with van der Waals surface area (Å²) >= 11 is 0. The van der Waals surface area contributed by atoms with Gasteiger partial charge in [-0.15, -0.1) is 0 Å². The van der Waals surface area contributed by atoms with Crippen LogP contribution in [0.5, 0.6) is 5.75 Å². The zero-order valence-electron chi connectivity index (χ0n) is 27.7. The highest BCUT2D eigenvalue weighted by atomic mass is 16.3. The molecule has 0 radical (unpaired) electrons. The van der Waals surface area contributed by atoms with E-state index in [2.05, 4.69) is 34.1 Å². The van der Waals surface area contributed by atoms with Crippen molar-refractivity contribution in [3.8, 4) is 5.75 Å². The predicted molar refractivity (Wildman–Crippen MR) is 184 cm³/mol. The van der Waals surface area contributed by atoms with Gasteiger partial charge in [-0.25, -0.2) is 0 Å². The van der Waals surface area contributed by atoms with Gasteiger partial charge in [0.2, 0.25) is 23.6 Å². The summed E-state index contributed by atoms with van der Waals surface area (Å²) < 4.78 is 0. The Balaban J connectivity index is 0. The Hall–Kier alpha value is -4.69. The molecule has 258 valence electrons. The van der Waals surface area contributed by atoms with E-state index in [4.69, 9.17) is 28.7 Å². The summed E-state index contributed by atoms with van der Waals surface area (Å²) in [5, 5.41) is 17.4. The number of phenolic OH excluding ortho intramolecular Hbond substituents is 1. The fraction of sp³-hybridized carbons (Fsp3) is 0.469. The highest BCUT2D eigenvalue weighted by molar-refractivity contribution is 5.93. The second-order valence-electron chi connectivity index (χ2n) is 10.3. The summed E-state index contributed by atoms with van der Waals surface area (Å²) in [5.41, 5.74) is 29.4. The smallest absolute Gasteiger partial charge is 0.243 e. The molecule has 0 aliphatic carbocycles. The quantitative estimate of drug-likeness (QED) is 0.0483. The molecule has 4 amide bonds. The number of nitrogens with two attached hydrogens (primary N) is 5. The zero-order valence-corrected chi connectivity index (χ0v) is 27.7. The van der Waals surface area contributed by atoms with E-state index in [1.165, 1.54) is 0 Å². The van der Waals surface area contributed by atoms with E-state index < -0.39 is 35.7 Å². The molecule has 0 bridgehead atoms. The van der Waals surface area contributed by atoms with Gasteiger partial charge in [-0.1, -0.05) is 43.9 Å². The van der Waals surface area contributed by atoms with Gasteiger partial charge in [0.05, 0.1) is 13.1 Å². The Morgan fingerprint density at radius 3 is 2.00 bits per heavy atom. The first-order chi connectivity index (χ1) is 21.7. The van der Waals surface area contributed by atoms with Gasteiger partial charge in [0.1, 0.15) is 17.8 Å². The standard InChI is InChI=1S/C21H34N6O5.C7H10.C4H11N3/c1-12-7-14(28)8-13(2)15(12)9-17(26-19(30)10-23)21(32)27-16(5-3-4-6-22)20(31)25-11-18(24)29;1-4-6-7(3)5-2;1-2-3-7-4(5)6/h7-8,16-17,28H,3-6,9-11,22-23H2,1-2H3,(H2,24,29)(H,25,31)(H,26,30)(H,27,32);4-6H,1-2H2,3H3;2-3H2,1H3,(H4,5,6,7)/b;7-6-;/t16-,17-;;/m0../s1. The highest BCUT2D eigenvalue weighted by Gasteiger charge is 2.27. The number of rotatable bonds is 17. The number of amides is 4. The van der Waals surface area contributed by atoms with Crippen LogP contribution in [0.15, 0.2) is 54.1 Å². The molecule has 0 saturated heterocycles. The van der Waals surface area contributed by atoms with E-state index in [1.54, 1.807) is 38.1 Å². The van der Waals surface area contributed by atoms with Crippen LogP contribution in [0.1, 0.15) is 56.2 Å². The number of unbranched alkanes of at least 4 members (excludes halogenated alkanes) is 1. The number of carbonyl (C=O) groups excluding carboxylic acids is 4. The number of nitrogens with one attached hydrogen (secondary N) is 3. The van der Waals surface area contributed by atoms with E-state index in [9.17, 15) is 24.3 Å². The molecule has 0 heterocycles. The number of benzene rings is 1. The summed E-state index contributed by atoms with van der Waals surface area (Å²) in [4.78, 5) is 52.2. The molecule has 0 aliphatic heterocycles. The van der Waals surface area contributed by atoms with Gasteiger partial charge >= 0.3 is 0 Å². The van der Waals surface area contributed by atoms with Crippen molar-refractivity contribution in [2.75, 3.05) is 26.2 Å². The molecule has 14 N–H and O–H groups in total. The maximum absolute atomic E-state index is 13.1. The number of aryl methyl sites for hydroxylation is 2. The van der Waals surface area contributed by atoms with Crippen LogP contribution in [0, 0.1) is 13.8 Å². The number of nitrogens with zero attached hydrogens (tertiary/aromatic N) is 1. The number of hydrogen-bond donors (Lipinski definition) is 9. The first kappa shape index (κ1) is 43.4. The van der Waals surface area contributed by atoms with Crippen molar-refractivity contribution in [3.63, 3.8) is 0 Å². The van der Waals surface area contributed by atoms with E-state index in [0.717, 1.165) is 35.2 Å². The van der Waals surface area contributed by atoms with Crippen LogP contribution < -0.4 is 44.6 Å². The molecule has 0 spiro atoms. The van der Waals surface area contributed by atoms with Crippen LogP contribution in [0.25, 0.3) is 0 Å². The average molecular weight is 646 g/mol. The third-order valence-corrected chi connectivity index (χ3v) is 6.16. The maximum atomic E-state index is 13.1. The van der Waals surface area contributed by atoms with Crippen LogP contribution in [-0.2, 0) is 25.6 Å². The Morgan fingerprint density at radius 1 is 0.978 bits per heavy atom. The summed E-state index contributed by atoms with van der Waals surface area (Å²) in [6.07, 6.45) is 8.09. The van der Waals surface area contributed by atoms with Gasteiger partial charge in [0.15, 0.2) is 5.96 Å². The third kappa shape index (κ3) is 21.1. The molecule has 0 aliphatic rings. The minimum absolute atomic E-state index is 0.0989. The first-order valence-corrected chi connectivity index (χ1v) is 15.0. The topological polar surface area (TPSA) is 267 Å². The molecule has 14 heteroatoms. The number of aromatic hydroxyl groups is 1. The second kappa shape index (κ2) is 25.6. The van der Waals surface area contributed by atoms with Crippen LogP contribution >= 0.6 is 0 Å². The number of guanidine groups is 1. The monoisotopic (exact) mass is 645 g/mol. The third-order valence-electron chi connectivity index (χ3n) is 6.16. The maximum Gasteiger partial charge on any atom is 0.243 e. The van der Waals surface area contributed by atoms with E-state index >= 15 is 0 Å². The highest BCUT2D eigenvalue weighted by Crippen LogP contribution is 2.22. The van der Waals surface area contributed by atoms with Crippen molar-refractivity contribution >= 4 is 29.6 Å². The number of aliphatic imine (C=N–C) groups is 1. The SMILES string of the molecule is C=C/C=C(/C)C=C.CCCN=C(N)N.Cc1cc(O)cc(C)c1C[C@H](NC(=O)CN)C(=O)N[C@@H](CCCCN)C(=O)NCC(N)=O. The van der Waals surface area contributed by atoms with E-state index in [-0.39, 0.29) is 31.2 Å². The first-order valence-electron chi connectivity index (χ1n) is 15.0. The van der Waals surface area contributed by atoms with Crippen LogP contribution in [0.2, 0.25) is 0 Å². The zero-order chi connectivity index (χ0) is 35.7. The normalized spacial score (nSPS) is 11.6.